The highest BCUT2D eigenvalue weighted by Crippen LogP contribution is 2.42. The smallest absolute Gasteiger partial charge is 0.258 e. The predicted molar refractivity (Wildman–Crippen MR) is 158 cm³/mol. The largest absolute Gasteiger partial charge is 0.269 e. The number of non-ortho nitro benzene ring substituents is 2. The first-order chi connectivity index (χ1) is 19.8. The van der Waals surface area contributed by atoms with Crippen LogP contribution in [0.2, 0.25) is 0 Å². The summed E-state index contributed by atoms with van der Waals surface area (Å²) in [5.41, 5.74) is 1.69. The van der Waals surface area contributed by atoms with Gasteiger partial charge in [-0.25, -0.2) is 8.42 Å². The number of benzene rings is 6. The molecule has 0 bridgehead atoms. The normalized spacial score (nSPS) is 11.5. The summed E-state index contributed by atoms with van der Waals surface area (Å²) in [5, 5.41) is 25.6. The van der Waals surface area contributed by atoms with Crippen molar-refractivity contribution in [2.24, 2.45) is 0 Å². The number of hydrogen-bond acceptors (Lipinski definition) is 6. The molecule has 0 saturated heterocycles. The van der Waals surface area contributed by atoms with E-state index in [4.69, 9.17) is 0 Å². The minimum atomic E-state index is -4.20. The average molecular weight is 561 g/mol. The van der Waals surface area contributed by atoms with Crippen LogP contribution in [0.1, 0.15) is 0 Å². The first-order valence-electron chi connectivity index (χ1n) is 12.5. The van der Waals surface area contributed by atoms with Crippen molar-refractivity contribution in [3.8, 4) is 22.3 Å². The maximum atomic E-state index is 14.6. The molecule has 200 valence electrons. The monoisotopic (exact) mass is 560 g/mol. The molecule has 0 aliphatic rings. The fourth-order valence-electron chi connectivity index (χ4n) is 5.16. The van der Waals surface area contributed by atoms with Crippen LogP contribution < -0.4 is 0 Å². The van der Waals surface area contributed by atoms with Crippen molar-refractivity contribution in [2.75, 3.05) is 0 Å². The van der Waals surface area contributed by atoms with E-state index in [0.717, 1.165) is 10.8 Å². The zero-order chi connectivity index (χ0) is 28.7. The lowest BCUT2D eigenvalue weighted by Crippen LogP contribution is -2.07. The van der Waals surface area contributed by atoms with Crippen molar-refractivity contribution >= 4 is 42.8 Å². The van der Waals surface area contributed by atoms with Gasteiger partial charge >= 0.3 is 0 Å². The van der Waals surface area contributed by atoms with Crippen molar-refractivity contribution in [1.29, 1.82) is 0 Å². The van der Waals surface area contributed by atoms with Crippen molar-refractivity contribution < 1.29 is 18.3 Å². The molecule has 41 heavy (non-hydrogen) atoms. The van der Waals surface area contributed by atoms with Gasteiger partial charge in [-0.2, -0.15) is 0 Å². The van der Waals surface area contributed by atoms with E-state index < -0.39 is 19.7 Å². The number of nitro groups is 2. The van der Waals surface area contributed by atoms with E-state index in [0.29, 0.717) is 33.0 Å². The van der Waals surface area contributed by atoms with Gasteiger partial charge in [0.15, 0.2) is 0 Å². The van der Waals surface area contributed by atoms with Gasteiger partial charge in [0.25, 0.3) is 11.4 Å². The summed E-state index contributed by atoms with van der Waals surface area (Å²) in [6, 6.07) is 32.9. The minimum Gasteiger partial charge on any atom is -0.258 e. The van der Waals surface area contributed by atoms with E-state index in [-0.39, 0.29) is 21.2 Å². The molecular weight excluding hydrogens is 540 g/mol. The van der Waals surface area contributed by atoms with E-state index in [2.05, 4.69) is 0 Å². The molecule has 0 amide bonds. The second-order valence-electron chi connectivity index (χ2n) is 9.43. The van der Waals surface area contributed by atoms with Gasteiger partial charge in [0.05, 0.1) is 19.6 Å². The summed E-state index contributed by atoms with van der Waals surface area (Å²) in [7, 11) is -4.20. The summed E-state index contributed by atoms with van der Waals surface area (Å²) in [6.45, 7) is 0. The fraction of sp³-hybridized carbons (Fsp3) is 0. The second kappa shape index (κ2) is 9.96. The number of fused-ring (bicyclic) bond motifs is 2. The van der Waals surface area contributed by atoms with Gasteiger partial charge < -0.3 is 0 Å². The number of hydrogen-bond donors (Lipinski definition) is 0. The second-order valence-corrected chi connectivity index (χ2v) is 11.3. The third kappa shape index (κ3) is 4.48. The van der Waals surface area contributed by atoms with Gasteiger partial charge in [0.1, 0.15) is 0 Å². The lowest BCUT2D eigenvalue weighted by Gasteiger charge is -2.18. The summed E-state index contributed by atoms with van der Waals surface area (Å²) in [5.74, 6) is 0. The molecule has 0 atom stereocenters. The maximum absolute atomic E-state index is 14.6. The SMILES string of the molecule is O=[N+]([O-])c1ccc(-c2c(S(=O)(=O)c3ccc4ccccc4c3-c3ccc([N+](=O)[O-])cc3)ccc3ccccc23)cc1. The molecule has 0 spiro atoms. The van der Waals surface area contributed by atoms with Gasteiger partial charge in [-0.1, -0.05) is 60.7 Å². The first kappa shape index (κ1) is 25.8. The van der Waals surface area contributed by atoms with Crippen LogP contribution in [0, 0.1) is 20.2 Å². The molecule has 6 aromatic rings. The molecule has 0 aromatic heterocycles. The van der Waals surface area contributed by atoms with Gasteiger partial charge in [-0.15, -0.1) is 0 Å². The van der Waals surface area contributed by atoms with E-state index in [1.165, 1.54) is 24.3 Å². The van der Waals surface area contributed by atoms with Crippen LogP contribution in [0.4, 0.5) is 11.4 Å². The standard InChI is InChI=1S/C32H20N2O6S/c35-33(36)25-15-9-23(10-16-25)31-27-7-3-1-5-21(27)13-19-29(31)41(39,40)30-20-14-22-6-2-4-8-28(22)32(30)24-11-17-26(18-12-24)34(37)38/h1-20H. The highest BCUT2D eigenvalue weighted by molar-refractivity contribution is 7.91. The molecule has 0 heterocycles. The Morgan fingerprint density at radius 2 is 0.829 bits per heavy atom. The zero-order valence-electron chi connectivity index (χ0n) is 21.3. The van der Waals surface area contributed by atoms with Crippen LogP contribution in [0.15, 0.2) is 131 Å². The molecule has 0 N–H and O–H groups in total. The third-order valence-corrected chi connectivity index (χ3v) is 8.93. The molecule has 8 nitrogen and oxygen atoms in total. The van der Waals surface area contributed by atoms with Crippen molar-refractivity contribution in [2.45, 2.75) is 9.79 Å². The predicted octanol–water partition coefficient (Wildman–Crippen LogP) is 7.98. The van der Waals surface area contributed by atoms with Crippen LogP contribution in [0.5, 0.6) is 0 Å². The minimum absolute atomic E-state index is 0.0449. The Labute approximate surface area is 234 Å². The molecule has 0 radical (unpaired) electrons. The Kier molecular flexibility index (Phi) is 6.28. The molecular formula is C32H20N2O6S. The Hall–Kier alpha value is -5.41. The molecule has 6 rings (SSSR count). The third-order valence-electron chi connectivity index (χ3n) is 7.09. The zero-order valence-corrected chi connectivity index (χ0v) is 22.1. The fourth-order valence-corrected chi connectivity index (χ4v) is 6.89. The molecule has 0 saturated carbocycles. The maximum Gasteiger partial charge on any atom is 0.269 e. The quantitative estimate of drug-likeness (QED) is 0.150. The summed E-state index contributed by atoms with van der Waals surface area (Å²) in [4.78, 5) is 21.6. The van der Waals surface area contributed by atoms with Crippen LogP contribution in [-0.2, 0) is 9.84 Å². The number of nitro benzene ring substituents is 2. The van der Waals surface area contributed by atoms with Crippen molar-refractivity contribution in [3.63, 3.8) is 0 Å². The Morgan fingerprint density at radius 1 is 0.463 bits per heavy atom. The summed E-state index contributed by atoms with van der Waals surface area (Å²) < 4.78 is 29.3. The van der Waals surface area contributed by atoms with Gasteiger partial charge in [0, 0.05) is 35.4 Å². The van der Waals surface area contributed by atoms with E-state index in [9.17, 15) is 28.6 Å². The number of sulfone groups is 1. The molecule has 0 aliphatic carbocycles. The van der Waals surface area contributed by atoms with Gasteiger partial charge in [0.2, 0.25) is 9.84 Å². The molecule has 9 heteroatoms. The average Bonchev–Trinajstić information content (AvgIpc) is 3.00. The lowest BCUT2D eigenvalue weighted by atomic mass is 9.98. The summed E-state index contributed by atoms with van der Waals surface area (Å²) >= 11 is 0. The van der Waals surface area contributed by atoms with Gasteiger partial charge in [-0.05, 0) is 69.1 Å². The highest BCUT2D eigenvalue weighted by atomic mass is 32.2. The van der Waals surface area contributed by atoms with E-state index >= 15 is 0 Å². The molecule has 0 aliphatic heterocycles. The van der Waals surface area contributed by atoms with Crippen LogP contribution in [-0.4, -0.2) is 18.3 Å². The summed E-state index contributed by atoms with van der Waals surface area (Å²) in [6.07, 6.45) is 0. The number of nitrogens with zero attached hydrogens (tertiary/aromatic N) is 2. The Morgan fingerprint density at radius 3 is 1.20 bits per heavy atom. The highest BCUT2D eigenvalue weighted by Gasteiger charge is 2.28. The molecule has 0 unspecified atom stereocenters. The van der Waals surface area contributed by atoms with Crippen molar-refractivity contribution in [3.05, 3.63) is 142 Å². The Bertz CT molecular complexity index is 1960. The Balaban J connectivity index is 1.65. The van der Waals surface area contributed by atoms with E-state index in [1.54, 1.807) is 48.5 Å². The van der Waals surface area contributed by atoms with Crippen LogP contribution in [0.25, 0.3) is 43.8 Å². The van der Waals surface area contributed by atoms with Crippen LogP contribution in [0.3, 0.4) is 0 Å². The topological polar surface area (TPSA) is 120 Å². The van der Waals surface area contributed by atoms with E-state index in [1.807, 2.05) is 48.5 Å². The van der Waals surface area contributed by atoms with Crippen molar-refractivity contribution in [1.82, 2.24) is 0 Å². The first-order valence-corrected chi connectivity index (χ1v) is 14.0. The lowest BCUT2D eigenvalue weighted by molar-refractivity contribution is -0.385. The van der Waals surface area contributed by atoms with Crippen LogP contribution >= 0.6 is 0 Å². The van der Waals surface area contributed by atoms with Gasteiger partial charge in [-0.3, -0.25) is 20.2 Å². The number of rotatable bonds is 6. The molecule has 0 fully saturated rings. The molecule has 6 aromatic carbocycles.